The van der Waals surface area contributed by atoms with Gasteiger partial charge in [-0.1, -0.05) is 48.5 Å². The molecule has 2 heterocycles. The lowest BCUT2D eigenvalue weighted by Crippen LogP contribution is -2.24. The Morgan fingerprint density at radius 1 is 1.09 bits per heavy atom. The van der Waals surface area contributed by atoms with Crippen LogP contribution in [0.5, 0.6) is 0 Å². The van der Waals surface area contributed by atoms with Gasteiger partial charge in [-0.05, 0) is 24.6 Å². The number of hydrogen-bond donors (Lipinski definition) is 2. The summed E-state index contributed by atoms with van der Waals surface area (Å²) in [4.78, 5) is 15.0. The zero-order valence-corrected chi connectivity index (χ0v) is 12.5. The smallest absolute Gasteiger partial charge is 0.347 e. The van der Waals surface area contributed by atoms with E-state index < -0.39 is 5.60 Å². The predicted octanol–water partition coefficient (Wildman–Crippen LogP) is 2.43. The number of fused-ring (bicyclic) bond motifs is 3. The maximum atomic E-state index is 12.2. The van der Waals surface area contributed by atoms with Gasteiger partial charge in [-0.15, -0.1) is 0 Å². The highest BCUT2D eigenvalue weighted by Gasteiger charge is 2.29. The molecule has 0 fully saturated rings. The quantitative estimate of drug-likeness (QED) is 0.597. The van der Waals surface area contributed by atoms with Gasteiger partial charge in [0.05, 0.1) is 16.7 Å². The molecule has 0 aliphatic heterocycles. The number of nitrogens with one attached hydrogen (secondary N) is 1. The summed E-state index contributed by atoms with van der Waals surface area (Å²) in [5, 5.41) is 16.2. The monoisotopic (exact) mass is 305 g/mol. The Morgan fingerprint density at radius 3 is 2.57 bits per heavy atom. The topological polar surface area (TPSA) is 70.4 Å². The van der Waals surface area contributed by atoms with Gasteiger partial charge in [0.2, 0.25) is 0 Å². The zero-order valence-electron chi connectivity index (χ0n) is 12.5. The molecule has 4 rings (SSSR count). The Balaban J connectivity index is 2.01. The molecular formula is C18H15N3O2. The van der Waals surface area contributed by atoms with Crippen molar-refractivity contribution in [1.82, 2.24) is 14.6 Å². The fraction of sp³-hybridized carbons (Fsp3) is 0.111. The van der Waals surface area contributed by atoms with Crippen molar-refractivity contribution in [3.63, 3.8) is 0 Å². The molecule has 5 heteroatoms. The van der Waals surface area contributed by atoms with Gasteiger partial charge in [-0.2, -0.15) is 9.61 Å². The number of benzene rings is 2. The fourth-order valence-electron chi connectivity index (χ4n) is 2.86. The van der Waals surface area contributed by atoms with Gasteiger partial charge < -0.3 is 10.1 Å². The highest BCUT2D eigenvalue weighted by atomic mass is 16.3. The molecule has 0 spiro atoms. The molecule has 2 N–H and O–H groups in total. The summed E-state index contributed by atoms with van der Waals surface area (Å²) in [7, 11) is 0. The van der Waals surface area contributed by atoms with Crippen molar-refractivity contribution in [2.45, 2.75) is 12.5 Å². The number of nitrogens with zero attached hydrogens (tertiary/aromatic N) is 2. The SMILES string of the molecule is CC(O)(c1ccccc1)c1cc2c3ccccc3[nH]c(=O)n2n1. The van der Waals surface area contributed by atoms with E-state index in [0.717, 1.165) is 16.5 Å². The van der Waals surface area contributed by atoms with E-state index in [1.807, 2.05) is 54.6 Å². The molecule has 2 aromatic heterocycles. The van der Waals surface area contributed by atoms with Crippen LogP contribution in [0.15, 0.2) is 65.5 Å². The Labute approximate surface area is 131 Å². The van der Waals surface area contributed by atoms with Crippen LogP contribution in [0.4, 0.5) is 0 Å². The third kappa shape index (κ3) is 2.05. The normalized spacial score (nSPS) is 14.2. The van der Waals surface area contributed by atoms with Gasteiger partial charge in [-0.25, -0.2) is 4.79 Å². The summed E-state index contributed by atoms with van der Waals surface area (Å²) in [5.41, 5.74) is 0.982. The number of aromatic nitrogens is 3. The molecule has 0 aliphatic carbocycles. The van der Waals surface area contributed by atoms with Crippen molar-refractivity contribution in [2.24, 2.45) is 0 Å². The molecule has 0 saturated carbocycles. The number of hydrogen-bond acceptors (Lipinski definition) is 3. The van der Waals surface area contributed by atoms with E-state index in [4.69, 9.17) is 0 Å². The van der Waals surface area contributed by atoms with Crippen LogP contribution < -0.4 is 5.69 Å². The van der Waals surface area contributed by atoms with Crippen molar-refractivity contribution >= 4 is 16.4 Å². The molecule has 0 radical (unpaired) electrons. The first kappa shape index (κ1) is 13.7. The third-order valence-corrected chi connectivity index (χ3v) is 4.18. The van der Waals surface area contributed by atoms with E-state index in [1.54, 1.807) is 13.0 Å². The molecule has 1 atom stereocenters. The first-order valence-corrected chi connectivity index (χ1v) is 7.36. The molecule has 23 heavy (non-hydrogen) atoms. The third-order valence-electron chi connectivity index (χ3n) is 4.18. The van der Waals surface area contributed by atoms with Gasteiger partial charge >= 0.3 is 5.69 Å². The predicted molar refractivity (Wildman–Crippen MR) is 88.4 cm³/mol. The van der Waals surface area contributed by atoms with E-state index in [2.05, 4.69) is 10.1 Å². The average Bonchev–Trinajstić information content (AvgIpc) is 3.03. The van der Waals surface area contributed by atoms with E-state index in [-0.39, 0.29) is 5.69 Å². The Hall–Kier alpha value is -2.92. The van der Waals surface area contributed by atoms with Crippen LogP contribution in [0.25, 0.3) is 16.4 Å². The number of para-hydroxylation sites is 1. The van der Waals surface area contributed by atoms with E-state index in [9.17, 15) is 9.90 Å². The Bertz CT molecular complexity index is 1060. The van der Waals surface area contributed by atoms with E-state index in [1.165, 1.54) is 4.52 Å². The molecule has 114 valence electrons. The summed E-state index contributed by atoms with van der Waals surface area (Å²) in [5.74, 6) is 0. The van der Waals surface area contributed by atoms with E-state index in [0.29, 0.717) is 11.2 Å². The summed E-state index contributed by atoms with van der Waals surface area (Å²) in [6.45, 7) is 1.68. The standard InChI is InChI=1S/C18H15N3O2/c1-18(23,12-7-3-2-4-8-12)16-11-15-13-9-5-6-10-14(13)19-17(22)21(15)20-16/h2-11,23H,1H3,(H,19,22). The minimum Gasteiger partial charge on any atom is -0.379 e. The number of rotatable bonds is 2. The van der Waals surface area contributed by atoms with Crippen LogP contribution >= 0.6 is 0 Å². The van der Waals surface area contributed by atoms with Gasteiger partial charge in [0.25, 0.3) is 0 Å². The lowest BCUT2D eigenvalue weighted by atomic mass is 9.92. The lowest BCUT2D eigenvalue weighted by molar-refractivity contribution is 0.0970. The maximum absolute atomic E-state index is 12.2. The van der Waals surface area contributed by atoms with Crippen LogP contribution in [-0.4, -0.2) is 19.7 Å². The molecule has 0 bridgehead atoms. The number of H-pyrrole nitrogens is 1. The van der Waals surface area contributed by atoms with Crippen molar-refractivity contribution in [2.75, 3.05) is 0 Å². The maximum Gasteiger partial charge on any atom is 0.347 e. The number of aromatic amines is 1. The fourth-order valence-corrected chi connectivity index (χ4v) is 2.86. The van der Waals surface area contributed by atoms with Crippen molar-refractivity contribution in [3.05, 3.63) is 82.4 Å². The highest BCUT2D eigenvalue weighted by molar-refractivity contribution is 5.93. The van der Waals surface area contributed by atoms with Gasteiger partial charge in [-0.3, -0.25) is 0 Å². The van der Waals surface area contributed by atoms with Crippen molar-refractivity contribution in [1.29, 1.82) is 0 Å². The molecule has 1 unspecified atom stereocenters. The molecular weight excluding hydrogens is 290 g/mol. The summed E-state index contributed by atoms with van der Waals surface area (Å²) in [6.07, 6.45) is 0. The second-order valence-electron chi connectivity index (χ2n) is 5.74. The minimum absolute atomic E-state index is 0.325. The van der Waals surface area contributed by atoms with Gasteiger partial charge in [0.15, 0.2) is 0 Å². The van der Waals surface area contributed by atoms with Crippen molar-refractivity contribution < 1.29 is 5.11 Å². The highest BCUT2D eigenvalue weighted by Crippen LogP contribution is 2.29. The second-order valence-corrected chi connectivity index (χ2v) is 5.74. The lowest BCUT2D eigenvalue weighted by Gasteiger charge is -2.21. The van der Waals surface area contributed by atoms with Gasteiger partial charge in [0.1, 0.15) is 5.60 Å². The van der Waals surface area contributed by atoms with Gasteiger partial charge in [0, 0.05) is 5.39 Å². The van der Waals surface area contributed by atoms with Crippen LogP contribution in [0.1, 0.15) is 18.2 Å². The van der Waals surface area contributed by atoms with Crippen LogP contribution in [-0.2, 0) is 5.60 Å². The van der Waals surface area contributed by atoms with Crippen LogP contribution in [0.2, 0.25) is 0 Å². The summed E-state index contributed by atoms with van der Waals surface area (Å²) < 4.78 is 1.30. The molecule has 0 saturated heterocycles. The first-order valence-electron chi connectivity index (χ1n) is 7.36. The largest absolute Gasteiger partial charge is 0.379 e. The Morgan fingerprint density at radius 2 is 1.78 bits per heavy atom. The van der Waals surface area contributed by atoms with Crippen LogP contribution in [0.3, 0.4) is 0 Å². The molecule has 4 aromatic rings. The molecule has 2 aromatic carbocycles. The molecule has 5 nitrogen and oxygen atoms in total. The number of aliphatic hydroxyl groups is 1. The van der Waals surface area contributed by atoms with Crippen LogP contribution in [0, 0.1) is 0 Å². The second kappa shape index (κ2) is 4.79. The molecule has 0 amide bonds. The average molecular weight is 305 g/mol. The van der Waals surface area contributed by atoms with Crippen molar-refractivity contribution in [3.8, 4) is 0 Å². The first-order chi connectivity index (χ1) is 11.1. The zero-order chi connectivity index (χ0) is 16.0. The summed E-state index contributed by atoms with van der Waals surface area (Å²) in [6, 6.07) is 18.6. The molecule has 0 aliphatic rings. The minimum atomic E-state index is -1.28. The Kier molecular flexibility index (Phi) is 2.86. The van der Waals surface area contributed by atoms with E-state index >= 15 is 0 Å². The summed E-state index contributed by atoms with van der Waals surface area (Å²) >= 11 is 0.